The van der Waals surface area contributed by atoms with Gasteiger partial charge in [0.2, 0.25) is 11.8 Å². The topological polar surface area (TPSA) is 87.7 Å². The summed E-state index contributed by atoms with van der Waals surface area (Å²) in [5.41, 5.74) is 1.46. The van der Waals surface area contributed by atoms with Crippen LogP contribution >= 0.6 is 11.3 Å². The molecule has 1 heterocycles. The quantitative estimate of drug-likeness (QED) is 0.607. The van der Waals surface area contributed by atoms with E-state index in [1.165, 1.54) is 11.3 Å². The highest BCUT2D eigenvalue weighted by atomic mass is 32.1. The molecule has 0 saturated heterocycles. The van der Waals surface area contributed by atoms with Crippen molar-refractivity contribution >= 4 is 34.1 Å². The molecule has 2 rings (SSSR count). The predicted molar refractivity (Wildman–Crippen MR) is 102 cm³/mol. The van der Waals surface area contributed by atoms with E-state index in [4.69, 9.17) is 4.74 Å². The first-order chi connectivity index (χ1) is 12.5. The third kappa shape index (κ3) is 5.54. The van der Waals surface area contributed by atoms with E-state index in [0.29, 0.717) is 36.2 Å². The molecule has 0 aliphatic heterocycles. The van der Waals surface area contributed by atoms with E-state index in [2.05, 4.69) is 10.6 Å². The van der Waals surface area contributed by atoms with Crippen molar-refractivity contribution in [3.05, 3.63) is 16.5 Å². The number of rotatable bonds is 10. The monoisotopic (exact) mass is 381 g/mol. The fourth-order valence-electron chi connectivity index (χ4n) is 2.68. The Morgan fingerprint density at radius 3 is 2.46 bits per heavy atom. The minimum absolute atomic E-state index is 0.0898. The SMILES string of the molecule is CCNC(=O)CN(CC)CC(=O)Nc1scc(C2CC2)c1C(=O)OCC. The van der Waals surface area contributed by atoms with Crippen LogP contribution in [0.1, 0.15) is 55.5 Å². The van der Waals surface area contributed by atoms with Gasteiger partial charge in [-0.15, -0.1) is 11.3 Å². The van der Waals surface area contributed by atoms with Gasteiger partial charge in [0.1, 0.15) is 5.00 Å². The molecule has 1 saturated carbocycles. The first kappa shape index (κ1) is 20.4. The van der Waals surface area contributed by atoms with Gasteiger partial charge in [-0.25, -0.2) is 4.79 Å². The van der Waals surface area contributed by atoms with Crippen molar-refractivity contribution in [1.82, 2.24) is 10.2 Å². The van der Waals surface area contributed by atoms with Crippen LogP contribution in [0.5, 0.6) is 0 Å². The van der Waals surface area contributed by atoms with E-state index in [1.807, 2.05) is 19.2 Å². The maximum Gasteiger partial charge on any atom is 0.341 e. The molecule has 26 heavy (non-hydrogen) atoms. The van der Waals surface area contributed by atoms with Gasteiger partial charge in [0, 0.05) is 6.54 Å². The lowest BCUT2D eigenvalue weighted by Crippen LogP contribution is -2.41. The first-order valence-electron chi connectivity index (χ1n) is 9.07. The summed E-state index contributed by atoms with van der Waals surface area (Å²) < 4.78 is 5.16. The number of ether oxygens (including phenoxy) is 1. The summed E-state index contributed by atoms with van der Waals surface area (Å²) in [6.07, 6.45) is 2.12. The highest BCUT2D eigenvalue weighted by Gasteiger charge is 2.32. The molecule has 1 fully saturated rings. The zero-order chi connectivity index (χ0) is 19.1. The number of likely N-dealkylation sites (N-methyl/N-ethyl adjacent to an activating group) is 2. The van der Waals surface area contributed by atoms with E-state index in [9.17, 15) is 14.4 Å². The maximum absolute atomic E-state index is 12.4. The Bertz CT molecular complexity index is 655. The van der Waals surface area contributed by atoms with E-state index in [0.717, 1.165) is 18.4 Å². The van der Waals surface area contributed by atoms with Gasteiger partial charge in [0.15, 0.2) is 0 Å². The van der Waals surface area contributed by atoms with Crippen molar-refractivity contribution in [3.63, 3.8) is 0 Å². The summed E-state index contributed by atoms with van der Waals surface area (Å²) in [5, 5.41) is 8.02. The molecule has 144 valence electrons. The van der Waals surface area contributed by atoms with Crippen LogP contribution < -0.4 is 10.6 Å². The van der Waals surface area contributed by atoms with E-state index in [1.54, 1.807) is 11.8 Å². The van der Waals surface area contributed by atoms with Gasteiger partial charge in [-0.3, -0.25) is 14.5 Å². The number of amides is 2. The molecule has 0 aromatic carbocycles. The number of hydrogen-bond donors (Lipinski definition) is 2. The van der Waals surface area contributed by atoms with Gasteiger partial charge in [-0.2, -0.15) is 0 Å². The van der Waals surface area contributed by atoms with Crippen molar-refractivity contribution in [2.45, 2.75) is 39.5 Å². The number of esters is 1. The Morgan fingerprint density at radius 1 is 1.19 bits per heavy atom. The minimum Gasteiger partial charge on any atom is -0.462 e. The minimum atomic E-state index is -0.388. The average molecular weight is 381 g/mol. The average Bonchev–Trinajstić information content (AvgIpc) is 3.35. The van der Waals surface area contributed by atoms with Gasteiger partial charge in [-0.05, 0) is 50.1 Å². The molecule has 2 N–H and O–H groups in total. The smallest absolute Gasteiger partial charge is 0.341 e. The highest BCUT2D eigenvalue weighted by Crippen LogP contribution is 2.46. The fourth-order valence-corrected chi connectivity index (χ4v) is 3.72. The number of carbonyl (C=O) groups excluding carboxylic acids is 3. The summed E-state index contributed by atoms with van der Waals surface area (Å²) in [6, 6.07) is 0. The van der Waals surface area contributed by atoms with Gasteiger partial charge in [0.25, 0.3) is 0 Å². The Balaban J connectivity index is 2.03. The number of nitrogens with one attached hydrogen (secondary N) is 2. The number of nitrogens with zero attached hydrogens (tertiary/aromatic N) is 1. The normalized spacial score (nSPS) is 13.5. The van der Waals surface area contributed by atoms with Crippen molar-refractivity contribution in [3.8, 4) is 0 Å². The lowest BCUT2D eigenvalue weighted by Gasteiger charge is -2.19. The first-order valence-corrected chi connectivity index (χ1v) is 9.95. The van der Waals surface area contributed by atoms with E-state index >= 15 is 0 Å². The van der Waals surface area contributed by atoms with Gasteiger partial charge >= 0.3 is 5.97 Å². The number of anilines is 1. The number of thiophene rings is 1. The molecule has 0 unspecified atom stereocenters. The Kier molecular flexibility index (Phi) is 7.59. The van der Waals surface area contributed by atoms with Gasteiger partial charge < -0.3 is 15.4 Å². The largest absolute Gasteiger partial charge is 0.462 e. The summed E-state index contributed by atoms with van der Waals surface area (Å²) in [6.45, 7) is 7.20. The zero-order valence-corrected chi connectivity index (χ0v) is 16.4. The Hall–Kier alpha value is -1.93. The second-order valence-corrected chi connectivity index (χ2v) is 7.07. The molecule has 7 nitrogen and oxygen atoms in total. The van der Waals surface area contributed by atoms with Crippen molar-refractivity contribution in [2.75, 3.05) is 38.1 Å². The van der Waals surface area contributed by atoms with Crippen LogP contribution in [0.25, 0.3) is 0 Å². The summed E-state index contributed by atoms with van der Waals surface area (Å²) in [7, 11) is 0. The lowest BCUT2D eigenvalue weighted by atomic mass is 10.1. The standard InChI is InChI=1S/C18H27N3O4S/c1-4-19-14(22)9-21(5-2)10-15(23)20-17-16(18(24)25-6-3)13(11-26-17)12-7-8-12/h11-12H,4-10H2,1-3H3,(H,19,22)(H,20,23). The van der Waals surface area contributed by atoms with Gasteiger partial charge in [0.05, 0.1) is 25.3 Å². The van der Waals surface area contributed by atoms with Crippen LogP contribution in [0.15, 0.2) is 5.38 Å². The van der Waals surface area contributed by atoms with Crippen LogP contribution in [0.3, 0.4) is 0 Å². The highest BCUT2D eigenvalue weighted by molar-refractivity contribution is 7.15. The molecule has 0 spiro atoms. The van der Waals surface area contributed by atoms with Crippen molar-refractivity contribution in [1.29, 1.82) is 0 Å². The van der Waals surface area contributed by atoms with Crippen LogP contribution in [-0.4, -0.2) is 55.5 Å². The van der Waals surface area contributed by atoms with E-state index < -0.39 is 0 Å². The lowest BCUT2D eigenvalue weighted by molar-refractivity contribution is -0.123. The fraction of sp³-hybridized carbons (Fsp3) is 0.611. The van der Waals surface area contributed by atoms with Crippen LogP contribution in [0.4, 0.5) is 5.00 Å². The molecule has 1 aromatic heterocycles. The number of carbonyl (C=O) groups is 3. The molecule has 1 aromatic rings. The molecule has 8 heteroatoms. The van der Waals surface area contributed by atoms with Crippen LogP contribution in [-0.2, 0) is 14.3 Å². The second-order valence-electron chi connectivity index (χ2n) is 6.19. The van der Waals surface area contributed by atoms with E-state index in [-0.39, 0.29) is 30.9 Å². The molecule has 0 atom stereocenters. The molecule has 1 aliphatic rings. The second kappa shape index (κ2) is 9.68. The van der Waals surface area contributed by atoms with Crippen LogP contribution in [0.2, 0.25) is 0 Å². The maximum atomic E-state index is 12.4. The molecule has 1 aliphatic carbocycles. The zero-order valence-electron chi connectivity index (χ0n) is 15.6. The summed E-state index contributed by atoms with van der Waals surface area (Å²) in [5.74, 6) is -0.353. The number of hydrogen-bond acceptors (Lipinski definition) is 6. The molecule has 0 bridgehead atoms. The molecular weight excluding hydrogens is 354 g/mol. The Labute approximate surface area is 158 Å². The van der Waals surface area contributed by atoms with Gasteiger partial charge in [-0.1, -0.05) is 6.92 Å². The summed E-state index contributed by atoms with van der Waals surface area (Å²) >= 11 is 1.35. The summed E-state index contributed by atoms with van der Waals surface area (Å²) in [4.78, 5) is 38.2. The van der Waals surface area contributed by atoms with Crippen molar-refractivity contribution < 1.29 is 19.1 Å². The predicted octanol–water partition coefficient (Wildman–Crippen LogP) is 2.20. The third-order valence-corrected chi connectivity index (χ3v) is 5.04. The third-order valence-electron chi connectivity index (χ3n) is 4.12. The van der Waals surface area contributed by atoms with Crippen molar-refractivity contribution in [2.24, 2.45) is 0 Å². The molecule has 2 amide bonds. The molecular formula is C18H27N3O4S. The Morgan fingerprint density at radius 2 is 1.88 bits per heavy atom. The van der Waals surface area contributed by atoms with Crippen LogP contribution in [0, 0.1) is 0 Å². The molecule has 0 radical (unpaired) electrons.